The topological polar surface area (TPSA) is 46.6 Å². The molecule has 0 unspecified atom stereocenters. The molecule has 2 rings (SSSR count). The monoisotopic (exact) mass is 397 g/mol. The molecule has 23 heavy (non-hydrogen) atoms. The van der Waals surface area contributed by atoms with Gasteiger partial charge < -0.3 is 4.74 Å². The molecule has 124 valence electrons. The Bertz CT molecular complexity index is 790. The fourth-order valence-electron chi connectivity index (χ4n) is 2.27. The van der Waals surface area contributed by atoms with Crippen molar-refractivity contribution >= 4 is 26.0 Å². The molecule has 0 amide bonds. The molecular weight excluding hydrogens is 378 g/mol. The minimum atomic E-state index is -3.50. The van der Waals surface area contributed by atoms with E-state index in [9.17, 15) is 8.42 Å². The second-order valence-electron chi connectivity index (χ2n) is 5.30. The molecule has 6 heteroatoms. The van der Waals surface area contributed by atoms with E-state index in [4.69, 9.17) is 4.74 Å². The molecule has 0 aliphatic carbocycles. The number of rotatable bonds is 6. The standard InChI is InChI=1S/C17H20BrNO3S/c1-13-12-15(8-9-16(13)18)23(20,21)19(2)11-10-14-6-4-5-7-17(14)22-3/h4-9,12H,10-11H2,1-3H3. The largest absolute Gasteiger partial charge is 0.496 e. The average Bonchev–Trinajstić information content (AvgIpc) is 2.55. The fraction of sp³-hybridized carbons (Fsp3) is 0.294. The lowest BCUT2D eigenvalue weighted by Crippen LogP contribution is -2.29. The van der Waals surface area contributed by atoms with E-state index in [2.05, 4.69) is 15.9 Å². The Labute approximate surface area is 146 Å². The Morgan fingerprint density at radius 3 is 2.52 bits per heavy atom. The van der Waals surface area contributed by atoms with Gasteiger partial charge in [-0.15, -0.1) is 0 Å². The highest BCUT2D eigenvalue weighted by molar-refractivity contribution is 9.10. The first kappa shape index (κ1) is 18.0. The van der Waals surface area contributed by atoms with Crippen molar-refractivity contribution in [1.29, 1.82) is 0 Å². The molecule has 4 nitrogen and oxygen atoms in total. The van der Waals surface area contributed by atoms with E-state index in [1.165, 1.54) is 4.31 Å². The normalized spacial score (nSPS) is 11.7. The number of methoxy groups -OCH3 is 1. The lowest BCUT2D eigenvalue weighted by molar-refractivity contribution is 0.406. The van der Waals surface area contributed by atoms with E-state index >= 15 is 0 Å². The van der Waals surface area contributed by atoms with Crippen LogP contribution in [0.4, 0.5) is 0 Å². The number of benzene rings is 2. The zero-order valence-electron chi connectivity index (χ0n) is 13.4. The molecule has 0 saturated carbocycles. The number of hydrogen-bond donors (Lipinski definition) is 0. The smallest absolute Gasteiger partial charge is 0.242 e. The number of likely N-dealkylation sites (N-methyl/N-ethyl adjacent to an activating group) is 1. The lowest BCUT2D eigenvalue weighted by atomic mass is 10.1. The third-order valence-corrected chi connectivity index (χ3v) is 6.47. The summed E-state index contributed by atoms with van der Waals surface area (Å²) in [7, 11) is -0.282. The first-order valence-corrected chi connectivity index (χ1v) is 9.44. The van der Waals surface area contributed by atoms with Gasteiger partial charge in [-0.3, -0.25) is 0 Å². The van der Waals surface area contributed by atoms with Crippen molar-refractivity contribution in [3.63, 3.8) is 0 Å². The van der Waals surface area contributed by atoms with Gasteiger partial charge in [0, 0.05) is 18.1 Å². The van der Waals surface area contributed by atoms with Crippen molar-refractivity contribution < 1.29 is 13.2 Å². The summed E-state index contributed by atoms with van der Waals surface area (Å²) in [6.45, 7) is 2.26. The highest BCUT2D eigenvalue weighted by Crippen LogP contribution is 2.23. The molecule has 0 atom stereocenters. The number of aryl methyl sites for hydroxylation is 1. The van der Waals surface area contributed by atoms with Crippen LogP contribution in [0.25, 0.3) is 0 Å². The van der Waals surface area contributed by atoms with E-state index in [1.807, 2.05) is 31.2 Å². The molecular formula is C17H20BrNO3S. The van der Waals surface area contributed by atoms with Gasteiger partial charge in [-0.1, -0.05) is 34.1 Å². The molecule has 2 aromatic rings. The van der Waals surface area contributed by atoms with Crippen LogP contribution in [0.3, 0.4) is 0 Å². The lowest BCUT2D eigenvalue weighted by Gasteiger charge is -2.18. The van der Waals surface area contributed by atoms with Gasteiger partial charge in [0.25, 0.3) is 0 Å². The number of halogens is 1. The Balaban J connectivity index is 2.15. The van der Waals surface area contributed by atoms with Crippen LogP contribution in [-0.2, 0) is 16.4 Å². The summed E-state index contributed by atoms with van der Waals surface area (Å²) in [6.07, 6.45) is 0.593. The van der Waals surface area contributed by atoms with Crippen molar-refractivity contribution in [1.82, 2.24) is 4.31 Å². The van der Waals surface area contributed by atoms with Gasteiger partial charge in [0.15, 0.2) is 0 Å². The molecule has 0 aliphatic heterocycles. The second kappa shape index (κ2) is 7.47. The molecule has 0 spiro atoms. The second-order valence-corrected chi connectivity index (χ2v) is 8.20. The van der Waals surface area contributed by atoms with Crippen LogP contribution in [0, 0.1) is 6.92 Å². The summed E-state index contributed by atoms with van der Waals surface area (Å²) < 4.78 is 32.9. The van der Waals surface area contributed by atoms with Gasteiger partial charge in [-0.25, -0.2) is 12.7 Å². The maximum absolute atomic E-state index is 12.7. The van der Waals surface area contributed by atoms with Gasteiger partial charge in [-0.05, 0) is 48.7 Å². The fourth-order valence-corrected chi connectivity index (χ4v) is 3.77. The van der Waals surface area contributed by atoms with Gasteiger partial charge in [0.05, 0.1) is 12.0 Å². The molecule has 0 radical (unpaired) electrons. The zero-order chi connectivity index (χ0) is 17.0. The van der Waals surface area contributed by atoms with Gasteiger partial charge in [0.2, 0.25) is 10.0 Å². The third-order valence-electron chi connectivity index (χ3n) is 3.73. The molecule has 0 aromatic heterocycles. The van der Waals surface area contributed by atoms with Crippen LogP contribution in [0.15, 0.2) is 51.8 Å². The SMILES string of the molecule is COc1ccccc1CCN(C)S(=O)(=O)c1ccc(Br)c(C)c1. The molecule has 0 saturated heterocycles. The highest BCUT2D eigenvalue weighted by atomic mass is 79.9. The summed E-state index contributed by atoms with van der Waals surface area (Å²) in [5.41, 5.74) is 1.88. The maximum Gasteiger partial charge on any atom is 0.242 e. The highest BCUT2D eigenvalue weighted by Gasteiger charge is 2.21. The van der Waals surface area contributed by atoms with E-state index in [0.29, 0.717) is 17.9 Å². The third kappa shape index (κ3) is 4.13. The number of nitrogens with zero attached hydrogens (tertiary/aromatic N) is 1. The van der Waals surface area contributed by atoms with Gasteiger partial charge >= 0.3 is 0 Å². The first-order chi connectivity index (χ1) is 10.9. The predicted octanol–water partition coefficient (Wildman–Crippen LogP) is 3.63. The quantitative estimate of drug-likeness (QED) is 0.747. The first-order valence-electron chi connectivity index (χ1n) is 7.20. The molecule has 0 heterocycles. The molecule has 0 fully saturated rings. The zero-order valence-corrected chi connectivity index (χ0v) is 15.8. The van der Waals surface area contributed by atoms with Crippen molar-refractivity contribution in [2.24, 2.45) is 0 Å². The van der Waals surface area contributed by atoms with Crippen LogP contribution in [0.2, 0.25) is 0 Å². The van der Waals surface area contributed by atoms with Crippen molar-refractivity contribution in [2.45, 2.75) is 18.2 Å². The molecule has 0 aliphatic rings. The van der Waals surface area contributed by atoms with Crippen molar-refractivity contribution in [3.05, 3.63) is 58.1 Å². The van der Waals surface area contributed by atoms with Crippen LogP contribution < -0.4 is 4.74 Å². The number of sulfonamides is 1. The van der Waals surface area contributed by atoms with E-state index in [1.54, 1.807) is 32.4 Å². The summed E-state index contributed by atoms with van der Waals surface area (Å²) in [5.74, 6) is 0.776. The predicted molar refractivity (Wildman–Crippen MR) is 95.4 cm³/mol. The molecule has 0 bridgehead atoms. The van der Waals surface area contributed by atoms with Gasteiger partial charge in [-0.2, -0.15) is 0 Å². The summed E-state index contributed by atoms with van der Waals surface area (Å²) >= 11 is 3.39. The maximum atomic E-state index is 12.7. The van der Waals surface area contributed by atoms with Crippen LogP contribution in [0.5, 0.6) is 5.75 Å². The van der Waals surface area contributed by atoms with Crippen molar-refractivity contribution in [3.8, 4) is 5.75 Å². The van der Waals surface area contributed by atoms with Crippen LogP contribution in [-0.4, -0.2) is 33.4 Å². The summed E-state index contributed by atoms with van der Waals surface area (Å²) in [6, 6.07) is 12.7. The van der Waals surface area contributed by atoms with E-state index < -0.39 is 10.0 Å². The van der Waals surface area contributed by atoms with Crippen molar-refractivity contribution in [2.75, 3.05) is 20.7 Å². The number of ether oxygens (including phenoxy) is 1. The molecule has 0 N–H and O–H groups in total. The Morgan fingerprint density at radius 1 is 1.17 bits per heavy atom. The minimum absolute atomic E-state index is 0.306. The van der Waals surface area contributed by atoms with Crippen LogP contribution in [0.1, 0.15) is 11.1 Å². The number of para-hydroxylation sites is 1. The summed E-state index contributed by atoms with van der Waals surface area (Å²) in [5, 5.41) is 0. The van der Waals surface area contributed by atoms with Crippen LogP contribution >= 0.6 is 15.9 Å². The Morgan fingerprint density at radius 2 is 1.87 bits per heavy atom. The Hall–Kier alpha value is -1.37. The van der Waals surface area contributed by atoms with E-state index in [-0.39, 0.29) is 0 Å². The number of hydrogen-bond acceptors (Lipinski definition) is 3. The molecule has 2 aromatic carbocycles. The minimum Gasteiger partial charge on any atom is -0.496 e. The average molecular weight is 398 g/mol. The Kier molecular flexibility index (Phi) is 5.84. The summed E-state index contributed by atoms with van der Waals surface area (Å²) in [4.78, 5) is 0.306. The van der Waals surface area contributed by atoms with E-state index in [0.717, 1.165) is 21.3 Å². The van der Waals surface area contributed by atoms with Gasteiger partial charge in [0.1, 0.15) is 5.75 Å².